The van der Waals surface area contributed by atoms with E-state index in [4.69, 9.17) is 16.2 Å². The molecule has 0 aliphatic rings. The molecule has 0 aliphatic heterocycles. The van der Waals surface area contributed by atoms with E-state index in [1.165, 1.54) is 6.20 Å². The van der Waals surface area contributed by atoms with Crippen molar-refractivity contribution in [1.29, 1.82) is 0 Å². The summed E-state index contributed by atoms with van der Waals surface area (Å²) in [4.78, 5) is 24.3. The van der Waals surface area contributed by atoms with E-state index in [1.54, 1.807) is 30.2 Å². The summed E-state index contributed by atoms with van der Waals surface area (Å²) in [6, 6.07) is 7.31. The molecule has 29 heavy (non-hydrogen) atoms. The van der Waals surface area contributed by atoms with E-state index in [1.807, 2.05) is 18.2 Å². The predicted molar refractivity (Wildman–Crippen MR) is 116 cm³/mol. The summed E-state index contributed by atoms with van der Waals surface area (Å²) in [6.45, 7) is 0.521. The maximum absolute atomic E-state index is 11.3. The molecule has 8 nitrogen and oxygen atoms in total. The molecular weight excluding hydrogens is 458 g/mol. The summed E-state index contributed by atoms with van der Waals surface area (Å²) in [5.41, 5.74) is 12.9. The molecule has 3 rings (SSSR count). The quantitative estimate of drug-likeness (QED) is 0.328. The van der Waals surface area contributed by atoms with Crippen molar-refractivity contribution < 1.29 is 14.6 Å². The average molecular weight is 476 g/mol. The SMILES string of the molecule is Nc1cnccc1SCCCOc1ccc(Br)c(-c2cnc(N)c(C(=O)O)n2)c1. The Balaban J connectivity index is 1.63. The number of hydrogen-bond acceptors (Lipinski definition) is 8. The fourth-order valence-electron chi connectivity index (χ4n) is 2.43. The molecule has 10 heteroatoms. The summed E-state index contributed by atoms with van der Waals surface area (Å²) in [7, 11) is 0. The van der Waals surface area contributed by atoms with Crippen molar-refractivity contribution >= 4 is 45.2 Å². The second-order valence-corrected chi connectivity index (χ2v) is 7.89. The van der Waals surface area contributed by atoms with Gasteiger partial charge in [0.15, 0.2) is 11.5 Å². The number of ether oxygens (including phenoxy) is 1. The Morgan fingerprint density at radius 1 is 1.24 bits per heavy atom. The van der Waals surface area contributed by atoms with E-state index in [0.717, 1.165) is 21.5 Å². The van der Waals surface area contributed by atoms with Crippen LogP contribution in [0.1, 0.15) is 16.9 Å². The highest BCUT2D eigenvalue weighted by Gasteiger charge is 2.15. The van der Waals surface area contributed by atoms with Gasteiger partial charge in [-0.05, 0) is 30.7 Å². The molecule has 0 saturated carbocycles. The van der Waals surface area contributed by atoms with Gasteiger partial charge in [-0.3, -0.25) is 4.98 Å². The third kappa shape index (κ3) is 5.36. The third-order valence-electron chi connectivity index (χ3n) is 3.84. The van der Waals surface area contributed by atoms with Crippen LogP contribution < -0.4 is 16.2 Å². The van der Waals surface area contributed by atoms with Gasteiger partial charge in [-0.1, -0.05) is 15.9 Å². The molecule has 0 aliphatic carbocycles. The molecule has 0 unspecified atom stereocenters. The average Bonchev–Trinajstić information content (AvgIpc) is 2.70. The van der Waals surface area contributed by atoms with E-state index < -0.39 is 5.97 Å². The van der Waals surface area contributed by atoms with Crippen molar-refractivity contribution in [3.63, 3.8) is 0 Å². The fraction of sp³-hybridized carbons (Fsp3) is 0.158. The van der Waals surface area contributed by atoms with E-state index >= 15 is 0 Å². The Morgan fingerprint density at radius 2 is 2.07 bits per heavy atom. The number of nitrogens with two attached hydrogens (primary N) is 2. The molecule has 0 saturated heterocycles. The number of pyridine rings is 1. The van der Waals surface area contributed by atoms with Crippen LogP contribution in [0.25, 0.3) is 11.3 Å². The van der Waals surface area contributed by atoms with Crippen LogP contribution in [0, 0.1) is 0 Å². The van der Waals surface area contributed by atoms with Gasteiger partial charge in [0.25, 0.3) is 0 Å². The first kappa shape index (κ1) is 20.9. The van der Waals surface area contributed by atoms with E-state index in [-0.39, 0.29) is 11.5 Å². The lowest BCUT2D eigenvalue weighted by Crippen LogP contribution is -2.08. The highest BCUT2D eigenvalue weighted by molar-refractivity contribution is 9.10. The van der Waals surface area contributed by atoms with Crippen LogP contribution >= 0.6 is 27.7 Å². The van der Waals surface area contributed by atoms with Crippen LogP contribution in [-0.2, 0) is 0 Å². The summed E-state index contributed by atoms with van der Waals surface area (Å²) in [5.74, 6) is 0.139. The number of thioether (sulfide) groups is 1. The Labute approximate surface area is 179 Å². The Kier molecular flexibility index (Phi) is 6.89. The van der Waals surface area contributed by atoms with Crippen molar-refractivity contribution in [2.75, 3.05) is 23.8 Å². The van der Waals surface area contributed by atoms with Gasteiger partial charge in [0, 0.05) is 26.9 Å². The smallest absolute Gasteiger partial charge is 0.358 e. The highest BCUT2D eigenvalue weighted by atomic mass is 79.9. The maximum Gasteiger partial charge on any atom is 0.358 e. The van der Waals surface area contributed by atoms with E-state index in [0.29, 0.717) is 29.3 Å². The normalized spacial score (nSPS) is 10.7. The third-order valence-corrected chi connectivity index (χ3v) is 5.71. The monoisotopic (exact) mass is 475 g/mol. The number of carbonyl (C=O) groups is 1. The molecule has 0 atom stereocenters. The summed E-state index contributed by atoms with van der Waals surface area (Å²) >= 11 is 5.10. The molecule has 0 spiro atoms. The van der Waals surface area contributed by atoms with Crippen molar-refractivity contribution in [3.8, 4) is 17.0 Å². The number of carboxylic acid groups (broad SMARTS) is 1. The molecule has 2 heterocycles. The number of aromatic nitrogens is 3. The standard InChI is InChI=1S/C19H18BrN5O3S/c20-13-3-2-11(28-6-1-7-29-16-4-5-23-9-14(16)21)8-12(13)15-10-24-18(22)17(25-15)19(26)27/h2-5,8-10H,1,6-7,21H2,(H2,22,24)(H,26,27). The molecular formula is C19H18BrN5O3S. The zero-order valence-corrected chi connectivity index (χ0v) is 17.6. The number of nitrogens with zero attached hydrogens (tertiary/aromatic N) is 3. The first-order chi connectivity index (χ1) is 14.0. The van der Waals surface area contributed by atoms with Gasteiger partial charge in [0.05, 0.1) is 30.4 Å². The topological polar surface area (TPSA) is 137 Å². The lowest BCUT2D eigenvalue weighted by Gasteiger charge is -2.10. The Bertz CT molecular complexity index is 1030. The molecule has 0 bridgehead atoms. The molecule has 0 fully saturated rings. The van der Waals surface area contributed by atoms with Crippen LogP contribution in [0.4, 0.5) is 11.5 Å². The van der Waals surface area contributed by atoms with Gasteiger partial charge in [-0.25, -0.2) is 14.8 Å². The van der Waals surface area contributed by atoms with Crippen LogP contribution in [0.2, 0.25) is 0 Å². The number of hydrogen-bond donors (Lipinski definition) is 3. The Hall–Kier alpha value is -2.85. The minimum atomic E-state index is -1.23. The number of anilines is 2. The zero-order chi connectivity index (χ0) is 20.8. The predicted octanol–water partition coefficient (Wildman–Crippen LogP) is 3.72. The second kappa shape index (κ2) is 9.57. The van der Waals surface area contributed by atoms with Gasteiger partial charge in [-0.2, -0.15) is 0 Å². The van der Waals surface area contributed by atoms with Gasteiger partial charge in [0.1, 0.15) is 5.75 Å². The van der Waals surface area contributed by atoms with Gasteiger partial charge < -0.3 is 21.3 Å². The second-order valence-electron chi connectivity index (χ2n) is 5.90. The van der Waals surface area contributed by atoms with Crippen molar-refractivity contribution in [2.24, 2.45) is 0 Å². The van der Waals surface area contributed by atoms with Crippen molar-refractivity contribution in [1.82, 2.24) is 15.0 Å². The molecule has 2 aromatic heterocycles. The lowest BCUT2D eigenvalue weighted by molar-refractivity contribution is 0.0691. The Morgan fingerprint density at radius 3 is 2.83 bits per heavy atom. The summed E-state index contributed by atoms with van der Waals surface area (Å²) in [6.07, 6.45) is 5.61. The molecule has 150 valence electrons. The largest absolute Gasteiger partial charge is 0.494 e. The van der Waals surface area contributed by atoms with Crippen LogP contribution in [-0.4, -0.2) is 38.4 Å². The van der Waals surface area contributed by atoms with E-state index in [2.05, 4.69) is 30.9 Å². The molecule has 1 aromatic carbocycles. The number of rotatable bonds is 8. The molecule has 0 radical (unpaired) electrons. The minimum Gasteiger partial charge on any atom is -0.494 e. The summed E-state index contributed by atoms with van der Waals surface area (Å²) in [5, 5.41) is 9.19. The van der Waals surface area contributed by atoms with Crippen LogP contribution in [0.3, 0.4) is 0 Å². The molecule has 0 amide bonds. The minimum absolute atomic E-state index is 0.128. The van der Waals surface area contributed by atoms with Crippen molar-refractivity contribution in [2.45, 2.75) is 11.3 Å². The first-order valence-corrected chi connectivity index (χ1v) is 10.3. The number of aromatic carboxylic acids is 1. The van der Waals surface area contributed by atoms with Crippen LogP contribution in [0.5, 0.6) is 5.75 Å². The molecule has 3 aromatic rings. The van der Waals surface area contributed by atoms with Gasteiger partial charge >= 0.3 is 5.97 Å². The zero-order valence-electron chi connectivity index (χ0n) is 15.2. The van der Waals surface area contributed by atoms with Gasteiger partial charge in [-0.15, -0.1) is 11.8 Å². The van der Waals surface area contributed by atoms with E-state index in [9.17, 15) is 9.90 Å². The molecule has 5 N–H and O–H groups in total. The summed E-state index contributed by atoms with van der Waals surface area (Å²) < 4.78 is 6.57. The lowest BCUT2D eigenvalue weighted by atomic mass is 10.1. The fourth-order valence-corrected chi connectivity index (χ4v) is 3.74. The van der Waals surface area contributed by atoms with Crippen LogP contribution in [0.15, 0.2) is 52.2 Å². The number of nitrogen functional groups attached to an aromatic ring is 2. The first-order valence-electron chi connectivity index (χ1n) is 8.56. The highest BCUT2D eigenvalue weighted by Crippen LogP contribution is 2.31. The number of benzene rings is 1. The number of halogens is 1. The van der Waals surface area contributed by atoms with Gasteiger partial charge in [0.2, 0.25) is 0 Å². The van der Waals surface area contributed by atoms with Crippen molar-refractivity contribution in [3.05, 3.63) is 53.0 Å². The number of carboxylic acids is 1. The maximum atomic E-state index is 11.3.